The molecule has 0 saturated carbocycles. The zero-order valence-corrected chi connectivity index (χ0v) is 11.7. The Morgan fingerprint density at radius 1 is 1.53 bits per heavy atom. The third-order valence-corrected chi connectivity index (χ3v) is 3.69. The number of anilines is 1. The minimum atomic E-state index is -1.00. The first-order chi connectivity index (χ1) is 9.08. The molecule has 19 heavy (non-hydrogen) atoms. The number of halogens is 1. The van der Waals surface area contributed by atoms with Gasteiger partial charge < -0.3 is 14.7 Å². The van der Waals surface area contributed by atoms with E-state index in [0.29, 0.717) is 0 Å². The summed E-state index contributed by atoms with van der Waals surface area (Å²) < 4.78 is 5.69. The van der Waals surface area contributed by atoms with Crippen molar-refractivity contribution in [3.63, 3.8) is 0 Å². The van der Waals surface area contributed by atoms with Crippen LogP contribution in [0.1, 0.15) is 29.6 Å². The monoisotopic (exact) mass is 283 g/mol. The third-order valence-electron chi connectivity index (χ3n) is 3.38. The molecule has 1 aromatic rings. The molecular weight excluding hydrogens is 266 g/mol. The van der Waals surface area contributed by atoms with Crippen molar-refractivity contribution < 1.29 is 14.6 Å². The Hall–Kier alpha value is -1.26. The highest BCUT2D eigenvalue weighted by atomic mass is 35.5. The molecule has 4 nitrogen and oxygen atoms in total. The van der Waals surface area contributed by atoms with Crippen LogP contribution in [0.15, 0.2) is 18.2 Å². The number of ether oxygens (including phenoxy) is 1. The van der Waals surface area contributed by atoms with Crippen LogP contribution in [-0.4, -0.2) is 37.4 Å². The van der Waals surface area contributed by atoms with Crippen LogP contribution in [-0.2, 0) is 4.74 Å². The molecule has 5 heteroatoms. The second kappa shape index (κ2) is 6.26. The summed E-state index contributed by atoms with van der Waals surface area (Å²) in [6.07, 6.45) is 3.67. The molecule has 1 fully saturated rings. The lowest BCUT2D eigenvalue weighted by atomic mass is 10.1. The third kappa shape index (κ3) is 3.61. The van der Waals surface area contributed by atoms with Gasteiger partial charge in [-0.15, -0.1) is 0 Å². The molecule has 1 aliphatic heterocycles. The normalized spacial score (nSPS) is 19.2. The number of carboxylic acids is 1. The van der Waals surface area contributed by atoms with Crippen LogP contribution in [0.3, 0.4) is 0 Å². The largest absolute Gasteiger partial charge is 0.478 e. The summed E-state index contributed by atoms with van der Waals surface area (Å²) in [5.74, 6) is -1.00. The minimum absolute atomic E-state index is 0.132. The van der Waals surface area contributed by atoms with Gasteiger partial charge in [0, 0.05) is 25.9 Å². The Morgan fingerprint density at radius 2 is 2.32 bits per heavy atom. The molecule has 0 aliphatic carbocycles. The first kappa shape index (κ1) is 14.2. The van der Waals surface area contributed by atoms with Gasteiger partial charge in [0.1, 0.15) is 0 Å². The molecule has 0 amide bonds. The number of nitrogens with zero attached hydrogens (tertiary/aromatic N) is 1. The van der Waals surface area contributed by atoms with Crippen LogP contribution in [0.25, 0.3) is 0 Å². The molecule has 0 spiro atoms. The summed E-state index contributed by atoms with van der Waals surface area (Å²) in [5, 5.41) is 9.20. The van der Waals surface area contributed by atoms with Gasteiger partial charge in [0.2, 0.25) is 0 Å². The lowest BCUT2D eigenvalue weighted by Crippen LogP contribution is -2.33. The predicted octanol–water partition coefficient (Wildman–Crippen LogP) is 3.04. The second-order valence-corrected chi connectivity index (χ2v) is 5.25. The van der Waals surface area contributed by atoms with Gasteiger partial charge in [-0.3, -0.25) is 0 Å². The highest BCUT2D eigenvalue weighted by Gasteiger charge is 2.17. The Balaban J connectivity index is 2.04. The van der Waals surface area contributed by atoms with E-state index in [2.05, 4.69) is 0 Å². The highest BCUT2D eigenvalue weighted by Crippen LogP contribution is 2.24. The van der Waals surface area contributed by atoms with Gasteiger partial charge in [0.15, 0.2) is 0 Å². The Kier molecular flexibility index (Phi) is 4.66. The smallest absolute Gasteiger partial charge is 0.337 e. The fourth-order valence-electron chi connectivity index (χ4n) is 2.28. The van der Waals surface area contributed by atoms with E-state index >= 15 is 0 Å². The van der Waals surface area contributed by atoms with Crippen LogP contribution < -0.4 is 4.90 Å². The molecule has 104 valence electrons. The lowest BCUT2D eigenvalue weighted by molar-refractivity contribution is 0.0216. The summed E-state index contributed by atoms with van der Waals surface area (Å²) >= 11 is 5.97. The summed E-state index contributed by atoms with van der Waals surface area (Å²) in [4.78, 5) is 13.0. The fraction of sp³-hybridized carbons (Fsp3) is 0.500. The number of likely N-dealkylation sites (N-methyl/N-ethyl adjacent to an activating group) is 1. The zero-order chi connectivity index (χ0) is 13.8. The maximum atomic E-state index is 10.9. The molecule has 1 aromatic carbocycles. The molecule has 0 aromatic heterocycles. The molecule has 2 rings (SSSR count). The maximum Gasteiger partial charge on any atom is 0.337 e. The fourth-order valence-corrected chi connectivity index (χ4v) is 2.53. The average molecular weight is 284 g/mol. The summed E-state index contributed by atoms with van der Waals surface area (Å²) in [6, 6.07) is 5.00. The molecule has 0 radical (unpaired) electrons. The van der Waals surface area contributed by atoms with Crippen LogP contribution in [0, 0.1) is 0 Å². The predicted molar refractivity (Wildman–Crippen MR) is 75.3 cm³/mol. The van der Waals surface area contributed by atoms with Crippen molar-refractivity contribution in [2.75, 3.05) is 25.1 Å². The van der Waals surface area contributed by atoms with Gasteiger partial charge in [-0.1, -0.05) is 11.6 Å². The van der Waals surface area contributed by atoms with Crippen LogP contribution >= 0.6 is 11.6 Å². The van der Waals surface area contributed by atoms with E-state index in [-0.39, 0.29) is 16.7 Å². The SMILES string of the molecule is CN(CC1CCCCO1)c1ccc(C(=O)O)c(Cl)c1. The number of rotatable bonds is 4. The van der Waals surface area contributed by atoms with E-state index in [1.54, 1.807) is 12.1 Å². The van der Waals surface area contributed by atoms with Gasteiger partial charge in [-0.25, -0.2) is 4.79 Å². The summed E-state index contributed by atoms with van der Waals surface area (Å²) in [5.41, 5.74) is 1.04. The number of aromatic carboxylic acids is 1. The minimum Gasteiger partial charge on any atom is -0.478 e. The van der Waals surface area contributed by atoms with Crippen molar-refractivity contribution in [1.29, 1.82) is 0 Å². The number of carbonyl (C=O) groups is 1. The van der Waals surface area contributed by atoms with E-state index < -0.39 is 5.97 Å². The molecule has 0 bridgehead atoms. The molecule has 1 atom stereocenters. The van der Waals surface area contributed by atoms with Crippen molar-refractivity contribution in [2.24, 2.45) is 0 Å². The number of benzene rings is 1. The zero-order valence-electron chi connectivity index (χ0n) is 10.9. The lowest BCUT2D eigenvalue weighted by Gasteiger charge is -2.28. The average Bonchev–Trinajstić information content (AvgIpc) is 2.39. The van der Waals surface area contributed by atoms with Crippen molar-refractivity contribution >= 4 is 23.3 Å². The number of hydrogen-bond acceptors (Lipinski definition) is 3. The van der Waals surface area contributed by atoms with Crippen LogP contribution in [0.5, 0.6) is 0 Å². The van der Waals surface area contributed by atoms with Crippen molar-refractivity contribution in [3.05, 3.63) is 28.8 Å². The van der Waals surface area contributed by atoms with E-state index in [9.17, 15) is 4.79 Å². The quantitative estimate of drug-likeness (QED) is 0.923. The molecule has 1 heterocycles. The molecule has 1 saturated heterocycles. The molecule has 1 aliphatic rings. The van der Waals surface area contributed by atoms with E-state index in [1.807, 2.05) is 11.9 Å². The van der Waals surface area contributed by atoms with Gasteiger partial charge in [0.05, 0.1) is 16.7 Å². The highest BCUT2D eigenvalue weighted by molar-refractivity contribution is 6.33. The van der Waals surface area contributed by atoms with E-state index in [1.165, 1.54) is 12.5 Å². The van der Waals surface area contributed by atoms with Gasteiger partial charge in [-0.2, -0.15) is 0 Å². The van der Waals surface area contributed by atoms with Gasteiger partial charge in [0.25, 0.3) is 0 Å². The Bertz CT molecular complexity index is 458. The van der Waals surface area contributed by atoms with E-state index in [0.717, 1.165) is 31.7 Å². The molecule has 1 unspecified atom stereocenters. The Labute approximate surface area is 117 Å². The van der Waals surface area contributed by atoms with Crippen molar-refractivity contribution in [2.45, 2.75) is 25.4 Å². The summed E-state index contributed by atoms with van der Waals surface area (Å²) in [7, 11) is 1.96. The maximum absolute atomic E-state index is 10.9. The first-order valence-electron chi connectivity index (χ1n) is 6.43. The standard InChI is InChI=1S/C14H18ClNO3/c1-16(9-11-4-2-3-7-19-11)10-5-6-12(14(17)18)13(15)8-10/h5-6,8,11H,2-4,7,9H2,1H3,(H,17,18). The molecule has 1 N–H and O–H groups in total. The molecular formula is C14H18ClNO3. The topological polar surface area (TPSA) is 49.8 Å². The van der Waals surface area contributed by atoms with Crippen LogP contribution in [0.2, 0.25) is 5.02 Å². The van der Waals surface area contributed by atoms with Gasteiger partial charge >= 0.3 is 5.97 Å². The second-order valence-electron chi connectivity index (χ2n) is 4.84. The first-order valence-corrected chi connectivity index (χ1v) is 6.81. The summed E-state index contributed by atoms with van der Waals surface area (Å²) in [6.45, 7) is 1.62. The number of carboxylic acid groups (broad SMARTS) is 1. The van der Waals surface area contributed by atoms with E-state index in [4.69, 9.17) is 21.4 Å². The van der Waals surface area contributed by atoms with Gasteiger partial charge in [-0.05, 0) is 37.5 Å². The Morgan fingerprint density at radius 3 is 2.89 bits per heavy atom. The number of hydrogen-bond donors (Lipinski definition) is 1. The van der Waals surface area contributed by atoms with Crippen molar-refractivity contribution in [1.82, 2.24) is 0 Å². The van der Waals surface area contributed by atoms with Crippen LogP contribution in [0.4, 0.5) is 5.69 Å². The van der Waals surface area contributed by atoms with Crippen molar-refractivity contribution in [3.8, 4) is 0 Å².